The number of nitrogens with zero attached hydrogens (tertiary/aromatic N) is 2. The van der Waals surface area contributed by atoms with Crippen molar-refractivity contribution in [1.29, 1.82) is 0 Å². The van der Waals surface area contributed by atoms with Crippen LogP contribution in [0, 0.1) is 0 Å². The molecule has 0 saturated carbocycles. The highest BCUT2D eigenvalue weighted by atomic mass is 15.2. The molecule has 2 heterocycles. The molecule has 4 heteroatoms. The van der Waals surface area contributed by atoms with E-state index in [1.807, 2.05) is 0 Å². The van der Waals surface area contributed by atoms with Gasteiger partial charge in [0.25, 0.3) is 0 Å². The Bertz CT molecular complexity index is 499. The summed E-state index contributed by atoms with van der Waals surface area (Å²) < 4.78 is 0. The second kappa shape index (κ2) is 4.47. The van der Waals surface area contributed by atoms with Crippen molar-refractivity contribution in [1.82, 2.24) is 20.2 Å². The Morgan fingerprint density at radius 3 is 2.94 bits per heavy atom. The Hall–Kier alpha value is -1.39. The molecule has 3 rings (SSSR count). The zero-order valence-electron chi connectivity index (χ0n) is 10.1. The Morgan fingerprint density at radius 1 is 1.29 bits per heavy atom. The van der Waals surface area contributed by atoms with Gasteiger partial charge in [-0.2, -0.15) is 0 Å². The molecule has 0 amide bonds. The smallest absolute Gasteiger partial charge is 0.0931 e. The molecular weight excluding hydrogens is 212 g/mol. The highest BCUT2D eigenvalue weighted by Gasteiger charge is 2.18. The van der Waals surface area contributed by atoms with Crippen LogP contribution in [0.1, 0.15) is 18.5 Å². The van der Waals surface area contributed by atoms with Gasteiger partial charge < -0.3 is 10.3 Å². The minimum Gasteiger partial charge on any atom is -0.345 e. The monoisotopic (exact) mass is 230 g/mol. The number of benzene rings is 1. The topological polar surface area (TPSA) is 44.0 Å². The summed E-state index contributed by atoms with van der Waals surface area (Å²) in [6.45, 7) is 6.72. The predicted molar refractivity (Wildman–Crippen MR) is 69.0 cm³/mol. The molecule has 17 heavy (non-hydrogen) atoms. The average molecular weight is 230 g/mol. The Labute approximate surface area is 101 Å². The standard InChI is InChI=1S/C13H18N4/c1-10(17-6-4-14-5-7-17)11-2-3-12-13(8-11)16-9-15-12/h2-3,8-10,14H,4-7H2,1H3,(H,15,16). The minimum absolute atomic E-state index is 0.477. The first kappa shape index (κ1) is 10.7. The first-order chi connectivity index (χ1) is 8.34. The number of fused-ring (bicyclic) bond motifs is 1. The van der Waals surface area contributed by atoms with E-state index in [0.717, 1.165) is 37.2 Å². The summed E-state index contributed by atoms with van der Waals surface area (Å²) in [5.41, 5.74) is 3.54. The van der Waals surface area contributed by atoms with Gasteiger partial charge in [0.05, 0.1) is 17.4 Å². The van der Waals surface area contributed by atoms with Crippen LogP contribution in [-0.2, 0) is 0 Å². The highest BCUT2D eigenvalue weighted by Crippen LogP contribution is 2.23. The van der Waals surface area contributed by atoms with Crippen LogP contribution in [0.5, 0.6) is 0 Å². The van der Waals surface area contributed by atoms with Crippen molar-refractivity contribution >= 4 is 11.0 Å². The Balaban J connectivity index is 1.86. The van der Waals surface area contributed by atoms with Crippen LogP contribution in [0.15, 0.2) is 24.5 Å². The van der Waals surface area contributed by atoms with E-state index in [9.17, 15) is 0 Å². The highest BCUT2D eigenvalue weighted by molar-refractivity contribution is 5.75. The summed E-state index contributed by atoms with van der Waals surface area (Å²) in [4.78, 5) is 9.95. The third kappa shape index (κ3) is 2.06. The maximum absolute atomic E-state index is 4.25. The van der Waals surface area contributed by atoms with Gasteiger partial charge in [-0.1, -0.05) is 6.07 Å². The maximum Gasteiger partial charge on any atom is 0.0931 e. The van der Waals surface area contributed by atoms with Crippen molar-refractivity contribution in [2.45, 2.75) is 13.0 Å². The van der Waals surface area contributed by atoms with E-state index in [2.05, 4.69) is 45.3 Å². The number of H-pyrrole nitrogens is 1. The normalized spacial score (nSPS) is 19.6. The van der Waals surface area contributed by atoms with Gasteiger partial charge in [0.15, 0.2) is 0 Å². The summed E-state index contributed by atoms with van der Waals surface area (Å²) in [6.07, 6.45) is 1.75. The van der Waals surface area contributed by atoms with E-state index in [1.165, 1.54) is 5.56 Å². The molecule has 90 valence electrons. The van der Waals surface area contributed by atoms with Crippen LogP contribution in [0.3, 0.4) is 0 Å². The zero-order chi connectivity index (χ0) is 11.7. The van der Waals surface area contributed by atoms with Crippen LogP contribution in [0.25, 0.3) is 11.0 Å². The fourth-order valence-electron chi connectivity index (χ4n) is 2.49. The average Bonchev–Trinajstić information content (AvgIpc) is 2.86. The van der Waals surface area contributed by atoms with Crippen LogP contribution in [-0.4, -0.2) is 41.0 Å². The molecule has 0 spiro atoms. The Morgan fingerprint density at radius 2 is 2.12 bits per heavy atom. The molecule has 1 aromatic carbocycles. The van der Waals surface area contributed by atoms with E-state index >= 15 is 0 Å². The fraction of sp³-hybridized carbons (Fsp3) is 0.462. The zero-order valence-corrected chi connectivity index (χ0v) is 10.1. The van der Waals surface area contributed by atoms with Crippen LogP contribution in [0.2, 0.25) is 0 Å². The van der Waals surface area contributed by atoms with Crippen molar-refractivity contribution in [3.63, 3.8) is 0 Å². The largest absolute Gasteiger partial charge is 0.345 e. The molecule has 1 atom stereocenters. The number of imidazole rings is 1. The second-order valence-corrected chi connectivity index (χ2v) is 4.64. The van der Waals surface area contributed by atoms with Crippen LogP contribution < -0.4 is 5.32 Å². The number of aromatic nitrogens is 2. The summed E-state index contributed by atoms with van der Waals surface area (Å²) in [5, 5.41) is 3.39. The molecule has 1 fully saturated rings. The van der Waals surface area contributed by atoms with E-state index < -0.39 is 0 Å². The van der Waals surface area contributed by atoms with Gasteiger partial charge in [0, 0.05) is 32.2 Å². The van der Waals surface area contributed by atoms with Crippen LogP contribution >= 0.6 is 0 Å². The lowest BCUT2D eigenvalue weighted by molar-refractivity contribution is 0.185. The molecule has 2 N–H and O–H groups in total. The molecular formula is C13H18N4. The number of piperazine rings is 1. The van der Waals surface area contributed by atoms with Crippen molar-refractivity contribution in [2.24, 2.45) is 0 Å². The summed E-state index contributed by atoms with van der Waals surface area (Å²) in [6, 6.07) is 6.98. The van der Waals surface area contributed by atoms with Gasteiger partial charge in [0.2, 0.25) is 0 Å². The molecule has 0 bridgehead atoms. The molecule has 1 aliphatic heterocycles. The van der Waals surface area contributed by atoms with Gasteiger partial charge in [-0.3, -0.25) is 4.90 Å². The lowest BCUT2D eigenvalue weighted by Gasteiger charge is -2.33. The minimum atomic E-state index is 0.477. The molecule has 2 aromatic rings. The third-order valence-electron chi connectivity index (χ3n) is 3.63. The Kier molecular flexibility index (Phi) is 2.82. The van der Waals surface area contributed by atoms with Crippen molar-refractivity contribution in [2.75, 3.05) is 26.2 Å². The van der Waals surface area contributed by atoms with Gasteiger partial charge in [-0.05, 0) is 24.6 Å². The number of hydrogen-bond donors (Lipinski definition) is 2. The maximum atomic E-state index is 4.25. The summed E-state index contributed by atoms with van der Waals surface area (Å²) in [7, 11) is 0. The van der Waals surface area contributed by atoms with E-state index in [1.54, 1.807) is 6.33 Å². The van der Waals surface area contributed by atoms with Crippen molar-refractivity contribution in [3.05, 3.63) is 30.1 Å². The van der Waals surface area contributed by atoms with Crippen LogP contribution in [0.4, 0.5) is 0 Å². The van der Waals surface area contributed by atoms with E-state index in [-0.39, 0.29) is 0 Å². The van der Waals surface area contributed by atoms with Crippen molar-refractivity contribution in [3.8, 4) is 0 Å². The first-order valence-electron chi connectivity index (χ1n) is 6.22. The number of rotatable bonds is 2. The van der Waals surface area contributed by atoms with Gasteiger partial charge in [-0.15, -0.1) is 0 Å². The molecule has 4 nitrogen and oxygen atoms in total. The third-order valence-corrected chi connectivity index (χ3v) is 3.63. The molecule has 1 aromatic heterocycles. The lowest BCUT2D eigenvalue weighted by atomic mass is 10.1. The van der Waals surface area contributed by atoms with Gasteiger partial charge in [-0.25, -0.2) is 4.98 Å². The second-order valence-electron chi connectivity index (χ2n) is 4.64. The van der Waals surface area contributed by atoms with E-state index in [4.69, 9.17) is 0 Å². The van der Waals surface area contributed by atoms with Crippen molar-refractivity contribution < 1.29 is 0 Å². The van der Waals surface area contributed by atoms with Gasteiger partial charge >= 0.3 is 0 Å². The quantitative estimate of drug-likeness (QED) is 0.822. The van der Waals surface area contributed by atoms with Gasteiger partial charge in [0.1, 0.15) is 0 Å². The first-order valence-corrected chi connectivity index (χ1v) is 6.22. The number of hydrogen-bond acceptors (Lipinski definition) is 3. The lowest BCUT2D eigenvalue weighted by Crippen LogP contribution is -2.44. The predicted octanol–water partition coefficient (Wildman–Crippen LogP) is 1.53. The molecule has 1 aliphatic rings. The summed E-state index contributed by atoms with van der Waals surface area (Å²) in [5.74, 6) is 0. The number of nitrogens with one attached hydrogen (secondary N) is 2. The molecule has 1 saturated heterocycles. The SMILES string of the molecule is CC(c1ccc2nc[nH]c2c1)N1CCNCC1. The van der Waals surface area contributed by atoms with E-state index in [0.29, 0.717) is 6.04 Å². The molecule has 0 radical (unpaired) electrons. The fourth-order valence-corrected chi connectivity index (χ4v) is 2.49. The molecule has 1 unspecified atom stereocenters. The number of aromatic amines is 1. The summed E-state index contributed by atoms with van der Waals surface area (Å²) >= 11 is 0. The molecule has 0 aliphatic carbocycles.